The molecule has 2 aliphatic heterocycles. The van der Waals surface area contributed by atoms with Gasteiger partial charge in [-0.3, -0.25) is 9.79 Å². The molecule has 0 radical (unpaired) electrons. The number of hydrogen-bond acceptors (Lipinski definition) is 9. The number of carboxylic acids is 1. The molecule has 0 spiro atoms. The van der Waals surface area contributed by atoms with Crippen LogP contribution < -0.4 is 20.7 Å². The highest BCUT2D eigenvalue weighted by Gasteiger charge is 2.43. The largest absolute Gasteiger partial charge is 0.478 e. The van der Waals surface area contributed by atoms with Crippen LogP contribution in [0.25, 0.3) is 0 Å². The third kappa shape index (κ3) is 6.89. The zero-order valence-electron chi connectivity index (χ0n) is 18.0. The standard InChI is InChI=1S/C20H28N6O6S/c27-17(14-15-8-13-32-25-15)24-20(18(28)29,9-4-5-10-21-19-22-11-12-23-19)26-33(30,31)16-6-2-1-3-7-16/h1-3,6-7,26H,4-5,8-14H2,(H,24,27)(H,28,29)(H2,21,22,23). The minimum Gasteiger partial charge on any atom is -0.478 e. The van der Waals surface area contributed by atoms with E-state index < -0.39 is 27.6 Å². The van der Waals surface area contributed by atoms with Crippen molar-refractivity contribution < 1.29 is 28.0 Å². The van der Waals surface area contributed by atoms with E-state index in [1.165, 1.54) is 24.3 Å². The average molecular weight is 481 g/mol. The lowest BCUT2D eigenvalue weighted by molar-refractivity contribution is -0.148. The summed E-state index contributed by atoms with van der Waals surface area (Å²) in [6.45, 7) is 2.30. The van der Waals surface area contributed by atoms with Crippen molar-refractivity contribution in [2.75, 3.05) is 26.2 Å². The van der Waals surface area contributed by atoms with Crippen molar-refractivity contribution in [1.29, 1.82) is 0 Å². The second-order valence-corrected chi connectivity index (χ2v) is 9.32. The van der Waals surface area contributed by atoms with Gasteiger partial charge in [0.25, 0.3) is 0 Å². The molecule has 0 saturated carbocycles. The van der Waals surface area contributed by atoms with E-state index >= 15 is 0 Å². The highest BCUT2D eigenvalue weighted by molar-refractivity contribution is 7.89. The maximum atomic E-state index is 12.9. The van der Waals surface area contributed by atoms with Crippen molar-refractivity contribution in [1.82, 2.24) is 20.7 Å². The number of nitrogens with zero attached hydrogens (tertiary/aromatic N) is 2. The van der Waals surface area contributed by atoms with E-state index in [9.17, 15) is 23.1 Å². The van der Waals surface area contributed by atoms with Gasteiger partial charge in [0, 0.05) is 19.5 Å². The lowest BCUT2D eigenvalue weighted by Gasteiger charge is -2.31. The third-order valence-electron chi connectivity index (χ3n) is 5.07. The second-order valence-electron chi connectivity index (χ2n) is 7.64. The minimum atomic E-state index is -4.24. The molecule has 33 heavy (non-hydrogen) atoms. The number of guanidine groups is 1. The summed E-state index contributed by atoms with van der Waals surface area (Å²) in [6.07, 6.45) is 0.945. The van der Waals surface area contributed by atoms with Crippen molar-refractivity contribution in [3.05, 3.63) is 30.3 Å². The van der Waals surface area contributed by atoms with Crippen molar-refractivity contribution in [2.24, 2.45) is 10.1 Å². The Bertz CT molecular complexity index is 1010. The number of amides is 1. The summed E-state index contributed by atoms with van der Waals surface area (Å²) >= 11 is 0. The van der Waals surface area contributed by atoms with Gasteiger partial charge in [-0.05, 0) is 31.4 Å². The number of benzene rings is 1. The molecule has 2 aliphatic rings. The van der Waals surface area contributed by atoms with Crippen molar-refractivity contribution in [3.8, 4) is 0 Å². The fourth-order valence-corrected chi connectivity index (χ4v) is 4.74. The van der Waals surface area contributed by atoms with E-state index in [0.717, 1.165) is 6.54 Å². The van der Waals surface area contributed by atoms with Crippen LogP contribution in [0.4, 0.5) is 0 Å². The van der Waals surface area contributed by atoms with Crippen molar-refractivity contribution >= 4 is 33.6 Å². The lowest BCUT2D eigenvalue weighted by atomic mass is 10.0. The molecule has 1 aromatic carbocycles. The summed E-state index contributed by atoms with van der Waals surface area (Å²) in [5, 5.41) is 22.3. The first-order valence-corrected chi connectivity index (χ1v) is 12.1. The number of aliphatic carboxylic acids is 1. The number of sulfonamides is 1. The molecule has 0 saturated heterocycles. The van der Waals surface area contributed by atoms with Crippen molar-refractivity contribution in [3.63, 3.8) is 0 Å². The first-order chi connectivity index (χ1) is 15.8. The van der Waals surface area contributed by atoms with Gasteiger partial charge in [0.15, 0.2) is 5.96 Å². The van der Waals surface area contributed by atoms with Gasteiger partial charge in [0.05, 0.1) is 23.6 Å². The van der Waals surface area contributed by atoms with Gasteiger partial charge in [-0.1, -0.05) is 23.4 Å². The van der Waals surface area contributed by atoms with E-state index in [4.69, 9.17) is 4.84 Å². The number of carbonyl (C=O) groups is 2. The fraction of sp³-hybridized carbons (Fsp3) is 0.500. The molecule has 0 bridgehead atoms. The number of unbranched alkanes of at least 4 members (excludes halogenated alkanes) is 1. The van der Waals surface area contributed by atoms with Crippen LogP contribution in [0.2, 0.25) is 0 Å². The van der Waals surface area contributed by atoms with Gasteiger partial charge in [0.2, 0.25) is 21.6 Å². The molecule has 13 heteroatoms. The minimum absolute atomic E-state index is 0.106. The van der Waals surface area contributed by atoms with Gasteiger partial charge >= 0.3 is 5.97 Å². The van der Waals surface area contributed by atoms with E-state index in [2.05, 4.69) is 30.8 Å². The van der Waals surface area contributed by atoms with E-state index in [-0.39, 0.29) is 17.7 Å². The second kappa shape index (κ2) is 11.1. The van der Waals surface area contributed by atoms with Crippen LogP contribution in [0.1, 0.15) is 32.1 Å². The molecule has 2 heterocycles. The van der Waals surface area contributed by atoms with E-state index in [0.29, 0.717) is 50.6 Å². The first kappa shape index (κ1) is 24.5. The molecule has 1 unspecified atom stereocenters. The number of hydrogen-bond donors (Lipinski definition) is 5. The Labute approximate surface area is 191 Å². The lowest BCUT2D eigenvalue weighted by Crippen LogP contribution is -2.65. The Morgan fingerprint density at radius 2 is 2.00 bits per heavy atom. The number of carbonyl (C=O) groups excluding carboxylic acids is 1. The molecule has 3 rings (SSSR count). The third-order valence-corrected chi connectivity index (χ3v) is 6.58. The zero-order valence-corrected chi connectivity index (χ0v) is 18.9. The van der Waals surface area contributed by atoms with Gasteiger partial charge in [0.1, 0.15) is 6.61 Å². The molecule has 0 fully saturated rings. The summed E-state index contributed by atoms with van der Waals surface area (Å²) in [5.74, 6) is -1.49. The predicted molar refractivity (Wildman–Crippen MR) is 120 cm³/mol. The molecular weight excluding hydrogens is 452 g/mol. The molecule has 1 atom stereocenters. The Morgan fingerprint density at radius 3 is 2.64 bits per heavy atom. The number of oxime groups is 1. The van der Waals surface area contributed by atoms with Crippen LogP contribution in [0.15, 0.2) is 45.4 Å². The molecule has 5 N–H and O–H groups in total. The van der Waals surface area contributed by atoms with Crippen LogP contribution in [0.5, 0.6) is 0 Å². The SMILES string of the molecule is O=C(CC1=NOCC1)NC(CCCCNC1=NCCN1)(NS(=O)(=O)c1ccccc1)C(=O)O. The van der Waals surface area contributed by atoms with E-state index in [1.54, 1.807) is 6.07 Å². The van der Waals surface area contributed by atoms with Gasteiger partial charge < -0.3 is 25.9 Å². The topological polar surface area (TPSA) is 171 Å². The monoisotopic (exact) mass is 480 g/mol. The molecule has 0 aromatic heterocycles. The fourth-order valence-electron chi connectivity index (χ4n) is 3.40. The van der Waals surface area contributed by atoms with Crippen LogP contribution in [0, 0.1) is 0 Å². The quantitative estimate of drug-likeness (QED) is 0.201. The molecule has 180 valence electrons. The Kier molecular flexibility index (Phi) is 8.22. The number of nitrogens with one attached hydrogen (secondary N) is 4. The summed E-state index contributed by atoms with van der Waals surface area (Å²) in [5.41, 5.74) is -1.76. The predicted octanol–water partition coefficient (Wildman–Crippen LogP) is -0.252. The van der Waals surface area contributed by atoms with Gasteiger partial charge in [-0.15, -0.1) is 0 Å². The molecule has 12 nitrogen and oxygen atoms in total. The smallest absolute Gasteiger partial charge is 0.345 e. The number of rotatable bonds is 12. The number of aliphatic imine (C=N–C) groups is 1. The maximum Gasteiger partial charge on any atom is 0.345 e. The molecule has 1 amide bonds. The van der Waals surface area contributed by atoms with Gasteiger partial charge in [-0.25, -0.2) is 13.2 Å². The Hall–Kier alpha value is -3.19. The first-order valence-electron chi connectivity index (χ1n) is 10.6. The Balaban J connectivity index is 1.72. The zero-order chi connectivity index (χ0) is 23.7. The van der Waals surface area contributed by atoms with Crippen LogP contribution in [-0.2, 0) is 24.4 Å². The van der Waals surface area contributed by atoms with E-state index in [1.807, 2.05) is 0 Å². The van der Waals surface area contributed by atoms with Crippen molar-refractivity contribution in [2.45, 2.75) is 42.7 Å². The van der Waals surface area contributed by atoms with Crippen LogP contribution in [0.3, 0.4) is 0 Å². The molecule has 1 aromatic rings. The number of carboxylic acid groups (broad SMARTS) is 1. The highest BCUT2D eigenvalue weighted by atomic mass is 32.2. The average Bonchev–Trinajstić information content (AvgIpc) is 3.48. The summed E-state index contributed by atoms with van der Waals surface area (Å²) < 4.78 is 28.1. The normalized spacial score (nSPS) is 17.2. The molecule has 0 aliphatic carbocycles. The molecular formula is C20H28N6O6S. The van der Waals surface area contributed by atoms with Gasteiger partial charge in [-0.2, -0.15) is 4.72 Å². The highest BCUT2D eigenvalue weighted by Crippen LogP contribution is 2.18. The maximum absolute atomic E-state index is 12.9. The summed E-state index contributed by atoms with van der Waals surface area (Å²) in [7, 11) is -4.24. The Morgan fingerprint density at radius 1 is 1.21 bits per heavy atom. The van der Waals surface area contributed by atoms with Crippen LogP contribution >= 0.6 is 0 Å². The summed E-state index contributed by atoms with van der Waals surface area (Å²) in [6, 6.07) is 7.39. The van der Waals surface area contributed by atoms with Crippen LogP contribution in [-0.4, -0.2) is 69.0 Å². The summed E-state index contributed by atoms with van der Waals surface area (Å²) in [4.78, 5) is 33.9.